The van der Waals surface area contributed by atoms with Gasteiger partial charge in [0.05, 0.1) is 11.6 Å². The Morgan fingerprint density at radius 1 is 1.22 bits per heavy atom. The van der Waals surface area contributed by atoms with Crippen LogP contribution in [0.4, 0.5) is 5.82 Å². The molecule has 27 heavy (non-hydrogen) atoms. The number of carbonyl (C=O) groups excluding carboxylic acids is 1. The second-order valence-electron chi connectivity index (χ2n) is 6.49. The first-order valence-corrected chi connectivity index (χ1v) is 10.2. The molecule has 2 heterocycles. The molecule has 2 aromatic heterocycles. The van der Waals surface area contributed by atoms with Crippen LogP contribution in [0.2, 0.25) is 0 Å². The lowest BCUT2D eigenvalue weighted by atomic mass is 9.99. The third-order valence-electron chi connectivity index (χ3n) is 4.53. The summed E-state index contributed by atoms with van der Waals surface area (Å²) < 4.78 is 1.75. The Morgan fingerprint density at radius 2 is 2.00 bits per heavy atom. The third kappa shape index (κ3) is 4.57. The molecule has 3 rings (SSSR count). The topological polar surface area (TPSA) is 51.0 Å². The Bertz CT molecular complexity index is 880. The molecule has 1 amide bonds. The van der Waals surface area contributed by atoms with Gasteiger partial charge in [-0.25, -0.2) is 0 Å². The maximum Gasteiger partial charge on any atom is 0.232 e. The standard InChI is InChI=1S/C21H24N4OS/c1-24(20-13-19(23-25(20)2)17-10-7-11-22-14-17)21(26)18(15-27-3)12-16-8-5-4-6-9-16/h4-11,13-14,18H,12,15H2,1-3H3. The normalized spacial score (nSPS) is 12.0. The zero-order valence-electron chi connectivity index (χ0n) is 15.9. The van der Waals surface area contributed by atoms with Gasteiger partial charge in [-0.3, -0.25) is 19.4 Å². The minimum Gasteiger partial charge on any atom is -0.300 e. The van der Waals surface area contributed by atoms with E-state index >= 15 is 0 Å². The van der Waals surface area contributed by atoms with E-state index in [1.807, 2.05) is 56.7 Å². The Labute approximate surface area is 164 Å². The predicted octanol–water partition coefficient (Wildman–Crippen LogP) is 3.67. The molecule has 6 heteroatoms. The average Bonchev–Trinajstić information content (AvgIpc) is 3.10. The van der Waals surface area contributed by atoms with E-state index in [0.717, 1.165) is 29.2 Å². The van der Waals surface area contributed by atoms with Gasteiger partial charge in [-0.1, -0.05) is 30.3 Å². The molecule has 0 fully saturated rings. The zero-order chi connectivity index (χ0) is 19.2. The van der Waals surface area contributed by atoms with Crippen LogP contribution in [0.1, 0.15) is 5.56 Å². The highest BCUT2D eigenvalue weighted by Gasteiger charge is 2.25. The molecule has 0 N–H and O–H groups in total. The highest BCUT2D eigenvalue weighted by atomic mass is 32.2. The summed E-state index contributed by atoms with van der Waals surface area (Å²) in [5, 5.41) is 4.55. The van der Waals surface area contributed by atoms with Gasteiger partial charge in [0.25, 0.3) is 0 Å². The van der Waals surface area contributed by atoms with E-state index in [1.165, 1.54) is 5.56 Å². The number of aryl methyl sites for hydroxylation is 1. The van der Waals surface area contributed by atoms with Crippen LogP contribution in [0.5, 0.6) is 0 Å². The molecule has 0 bridgehead atoms. The zero-order valence-corrected chi connectivity index (χ0v) is 16.7. The second-order valence-corrected chi connectivity index (χ2v) is 7.40. The second kappa shape index (κ2) is 8.86. The first kappa shape index (κ1) is 19.2. The van der Waals surface area contributed by atoms with Gasteiger partial charge in [-0.2, -0.15) is 16.9 Å². The number of hydrogen-bond donors (Lipinski definition) is 0. The fourth-order valence-corrected chi connectivity index (χ4v) is 3.79. The summed E-state index contributed by atoms with van der Waals surface area (Å²) in [7, 11) is 3.68. The van der Waals surface area contributed by atoms with Crippen molar-refractivity contribution in [2.24, 2.45) is 13.0 Å². The van der Waals surface area contributed by atoms with Crippen LogP contribution < -0.4 is 4.90 Å². The van der Waals surface area contributed by atoms with E-state index in [9.17, 15) is 4.79 Å². The van der Waals surface area contributed by atoms with E-state index < -0.39 is 0 Å². The Hall–Kier alpha value is -2.60. The molecule has 0 saturated carbocycles. The van der Waals surface area contributed by atoms with Gasteiger partial charge in [-0.05, 0) is 30.4 Å². The lowest BCUT2D eigenvalue weighted by Crippen LogP contribution is -2.36. The monoisotopic (exact) mass is 380 g/mol. The summed E-state index contributed by atoms with van der Waals surface area (Å²) in [6, 6.07) is 16.0. The van der Waals surface area contributed by atoms with Crippen LogP contribution in [0, 0.1) is 5.92 Å². The van der Waals surface area contributed by atoms with Crippen molar-refractivity contribution in [3.63, 3.8) is 0 Å². The van der Waals surface area contributed by atoms with E-state index in [1.54, 1.807) is 33.7 Å². The summed E-state index contributed by atoms with van der Waals surface area (Å²) >= 11 is 1.70. The number of carbonyl (C=O) groups is 1. The van der Waals surface area contributed by atoms with Crippen molar-refractivity contribution in [2.45, 2.75) is 6.42 Å². The number of nitrogens with zero attached hydrogens (tertiary/aromatic N) is 4. The summed E-state index contributed by atoms with van der Waals surface area (Å²) in [5.41, 5.74) is 2.93. The molecular weight excluding hydrogens is 356 g/mol. The molecule has 0 aliphatic carbocycles. The largest absolute Gasteiger partial charge is 0.300 e. The van der Waals surface area contributed by atoms with Crippen LogP contribution in [0.3, 0.4) is 0 Å². The highest BCUT2D eigenvalue weighted by Crippen LogP contribution is 2.25. The van der Waals surface area contributed by atoms with E-state index in [4.69, 9.17) is 0 Å². The Balaban J connectivity index is 1.81. The van der Waals surface area contributed by atoms with Crippen molar-refractivity contribution in [3.05, 3.63) is 66.5 Å². The number of pyridine rings is 1. The highest BCUT2D eigenvalue weighted by molar-refractivity contribution is 7.98. The lowest BCUT2D eigenvalue weighted by Gasteiger charge is -2.23. The summed E-state index contributed by atoms with van der Waals surface area (Å²) in [6.45, 7) is 0. The number of benzene rings is 1. The van der Waals surface area contributed by atoms with Crippen molar-refractivity contribution in [3.8, 4) is 11.3 Å². The van der Waals surface area contributed by atoms with E-state index in [2.05, 4.69) is 22.2 Å². The number of anilines is 1. The van der Waals surface area contributed by atoms with Gasteiger partial charge < -0.3 is 0 Å². The Morgan fingerprint density at radius 3 is 2.67 bits per heavy atom. The predicted molar refractivity (Wildman–Crippen MR) is 112 cm³/mol. The van der Waals surface area contributed by atoms with Gasteiger partial charge in [0, 0.05) is 43.9 Å². The molecule has 0 spiro atoms. The molecule has 0 radical (unpaired) electrons. The smallest absolute Gasteiger partial charge is 0.232 e. The number of rotatable bonds is 7. The summed E-state index contributed by atoms with van der Waals surface area (Å²) in [4.78, 5) is 19.1. The number of aromatic nitrogens is 3. The average molecular weight is 381 g/mol. The van der Waals surface area contributed by atoms with Crippen LogP contribution in [-0.4, -0.2) is 39.7 Å². The van der Waals surface area contributed by atoms with Gasteiger partial charge in [0.2, 0.25) is 5.91 Å². The van der Waals surface area contributed by atoms with Gasteiger partial charge in [-0.15, -0.1) is 0 Å². The van der Waals surface area contributed by atoms with Crippen LogP contribution in [0.25, 0.3) is 11.3 Å². The van der Waals surface area contributed by atoms with Crippen molar-refractivity contribution in [2.75, 3.05) is 24.0 Å². The molecule has 1 aromatic carbocycles. The SMILES string of the molecule is CSCC(Cc1ccccc1)C(=O)N(C)c1cc(-c2cccnc2)nn1C. The molecule has 0 aliphatic heterocycles. The molecule has 5 nitrogen and oxygen atoms in total. The van der Waals surface area contributed by atoms with Crippen LogP contribution in [0.15, 0.2) is 60.9 Å². The fourth-order valence-electron chi connectivity index (χ4n) is 3.13. The summed E-state index contributed by atoms with van der Waals surface area (Å²) in [6.07, 6.45) is 6.29. The molecule has 0 saturated heterocycles. The number of hydrogen-bond acceptors (Lipinski definition) is 4. The third-order valence-corrected chi connectivity index (χ3v) is 5.26. The van der Waals surface area contributed by atoms with Crippen LogP contribution >= 0.6 is 11.8 Å². The minimum atomic E-state index is -0.0795. The van der Waals surface area contributed by atoms with E-state index in [-0.39, 0.29) is 11.8 Å². The fraction of sp³-hybridized carbons (Fsp3) is 0.286. The molecular formula is C21H24N4OS. The van der Waals surface area contributed by atoms with Crippen molar-refractivity contribution < 1.29 is 4.79 Å². The first-order chi connectivity index (χ1) is 13.1. The summed E-state index contributed by atoms with van der Waals surface area (Å²) in [5.74, 6) is 1.59. The molecule has 3 aromatic rings. The number of amides is 1. The van der Waals surface area contributed by atoms with Gasteiger partial charge >= 0.3 is 0 Å². The minimum absolute atomic E-state index is 0.0795. The van der Waals surface area contributed by atoms with Crippen LogP contribution in [-0.2, 0) is 18.3 Å². The van der Waals surface area contributed by atoms with Crippen molar-refractivity contribution in [1.29, 1.82) is 0 Å². The van der Waals surface area contributed by atoms with Crippen molar-refractivity contribution in [1.82, 2.24) is 14.8 Å². The first-order valence-electron chi connectivity index (χ1n) is 8.85. The molecule has 1 atom stereocenters. The molecule has 1 unspecified atom stereocenters. The van der Waals surface area contributed by atoms with Crippen molar-refractivity contribution >= 4 is 23.5 Å². The quantitative estimate of drug-likeness (QED) is 0.628. The maximum atomic E-state index is 13.2. The molecule has 0 aliphatic rings. The number of thioether (sulfide) groups is 1. The Kier molecular flexibility index (Phi) is 6.29. The van der Waals surface area contributed by atoms with Gasteiger partial charge in [0.15, 0.2) is 0 Å². The maximum absolute atomic E-state index is 13.2. The van der Waals surface area contributed by atoms with Gasteiger partial charge in [0.1, 0.15) is 5.82 Å². The van der Waals surface area contributed by atoms with E-state index in [0.29, 0.717) is 0 Å². The molecule has 140 valence electrons. The lowest BCUT2D eigenvalue weighted by molar-refractivity contribution is -0.121.